The Balaban J connectivity index is 2.73. The van der Waals surface area contributed by atoms with E-state index in [4.69, 9.17) is 11.6 Å². The minimum atomic E-state index is -4.13. The van der Waals surface area contributed by atoms with E-state index in [1.807, 2.05) is 6.92 Å². The normalized spacial score (nSPS) is 13.8. The molecule has 1 unspecified atom stereocenters. The molecule has 0 fully saturated rings. The Bertz CT molecular complexity index is 429. The second-order valence-corrected chi connectivity index (χ2v) is 5.36. The number of nitrogens with one attached hydrogen (secondary N) is 1. The van der Waals surface area contributed by atoms with Crippen LogP contribution in [-0.4, -0.2) is 28.5 Å². The first kappa shape index (κ1) is 17.3. The zero-order valence-electron chi connectivity index (χ0n) is 12.0. The van der Waals surface area contributed by atoms with Gasteiger partial charge in [-0.15, -0.1) is 0 Å². The first-order chi connectivity index (χ1) is 9.24. The fourth-order valence-corrected chi connectivity index (χ4v) is 2.34. The van der Waals surface area contributed by atoms with Gasteiger partial charge in [-0.1, -0.05) is 18.5 Å². The number of alkyl halides is 3. The van der Waals surface area contributed by atoms with Crippen molar-refractivity contribution in [2.24, 2.45) is 7.05 Å². The molecule has 0 amide bonds. The topological polar surface area (TPSA) is 29.9 Å². The van der Waals surface area contributed by atoms with Crippen LogP contribution in [0.4, 0.5) is 13.2 Å². The van der Waals surface area contributed by atoms with Crippen LogP contribution in [0.5, 0.6) is 0 Å². The van der Waals surface area contributed by atoms with E-state index < -0.39 is 12.6 Å². The van der Waals surface area contributed by atoms with Crippen LogP contribution in [0.2, 0.25) is 5.02 Å². The summed E-state index contributed by atoms with van der Waals surface area (Å²) in [6.07, 6.45) is -3.54. The van der Waals surface area contributed by atoms with E-state index in [1.165, 1.54) is 0 Å². The number of hydrogen-bond acceptors (Lipinski definition) is 2. The third-order valence-corrected chi connectivity index (χ3v) is 3.65. The van der Waals surface area contributed by atoms with E-state index in [2.05, 4.69) is 10.4 Å². The van der Waals surface area contributed by atoms with Gasteiger partial charge in [0.1, 0.15) is 0 Å². The number of hydrogen-bond donors (Lipinski definition) is 1. The molecule has 0 aliphatic heterocycles. The van der Waals surface area contributed by atoms with Crippen LogP contribution in [0.3, 0.4) is 0 Å². The molecule has 1 aromatic rings. The molecule has 0 aliphatic rings. The number of nitrogens with zero attached hydrogens (tertiary/aromatic N) is 2. The van der Waals surface area contributed by atoms with Crippen LogP contribution in [0.1, 0.15) is 37.6 Å². The molecule has 1 rings (SSSR count). The van der Waals surface area contributed by atoms with E-state index in [-0.39, 0.29) is 12.5 Å². The average molecular weight is 312 g/mol. The van der Waals surface area contributed by atoms with Gasteiger partial charge in [0.15, 0.2) is 0 Å². The summed E-state index contributed by atoms with van der Waals surface area (Å²) in [5.74, 6) is 0. The predicted octanol–water partition coefficient (Wildman–Crippen LogP) is 3.64. The Morgan fingerprint density at radius 3 is 2.50 bits per heavy atom. The monoisotopic (exact) mass is 311 g/mol. The average Bonchev–Trinajstić information content (AvgIpc) is 2.57. The van der Waals surface area contributed by atoms with E-state index in [0.717, 1.165) is 12.1 Å². The molecule has 3 nitrogen and oxygen atoms in total. The fraction of sp³-hybridized carbons (Fsp3) is 0.769. The second kappa shape index (κ2) is 7.31. The summed E-state index contributed by atoms with van der Waals surface area (Å²) in [7, 11) is 1.76. The quantitative estimate of drug-likeness (QED) is 0.833. The molecule has 1 atom stereocenters. The Morgan fingerprint density at radius 2 is 2.05 bits per heavy atom. The Morgan fingerprint density at radius 1 is 1.40 bits per heavy atom. The minimum absolute atomic E-state index is 0.0457. The van der Waals surface area contributed by atoms with Crippen LogP contribution >= 0.6 is 11.6 Å². The molecule has 0 radical (unpaired) electrons. The highest BCUT2D eigenvalue weighted by Crippen LogP contribution is 2.25. The second-order valence-electron chi connectivity index (χ2n) is 4.98. The number of rotatable bonds is 7. The molecule has 1 aromatic heterocycles. The van der Waals surface area contributed by atoms with E-state index in [9.17, 15) is 13.2 Å². The molecule has 7 heteroatoms. The standard InChI is InChI=1S/C13H21ClF3N3/c1-4-7-18-10(5-6-13(15,16)17)8-11-12(14)9(2)19-20(11)3/h10,18H,4-8H2,1-3H3. The fourth-order valence-electron chi connectivity index (χ4n) is 2.10. The van der Waals surface area contributed by atoms with E-state index >= 15 is 0 Å². The molecule has 116 valence electrons. The third kappa shape index (κ3) is 5.32. The zero-order chi connectivity index (χ0) is 15.3. The first-order valence-electron chi connectivity index (χ1n) is 6.72. The van der Waals surface area contributed by atoms with Crippen LogP contribution in [-0.2, 0) is 13.5 Å². The molecular formula is C13H21ClF3N3. The smallest absolute Gasteiger partial charge is 0.314 e. The summed E-state index contributed by atoms with van der Waals surface area (Å²) >= 11 is 6.15. The number of halogens is 4. The van der Waals surface area contributed by atoms with Crippen molar-refractivity contribution >= 4 is 11.6 Å². The van der Waals surface area contributed by atoms with Crippen molar-refractivity contribution in [3.05, 3.63) is 16.4 Å². The molecule has 0 bridgehead atoms. The van der Waals surface area contributed by atoms with Gasteiger partial charge in [0.2, 0.25) is 0 Å². The highest BCUT2D eigenvalue weighted by molar-refractivity contribution is 6.31. The van der Waals surface area contributed by atoms with Crippen LogP contribution < -0.4 is 5.32 Å². The van der Waals surface area contributed by atoms with Gasteiger partial charge in [-0.05, 0) is 26.3 Å². The summed E-state index contributed by atoms with van der Waals surface area (Å²) in [4.78, 5) is 0. The van der Waals surface area contributed by atoms with Gasteiger partial charge >= 0.3 is 6.18 Å². The molecule has 0 saturated carbocycles. The molecule has 20 heavy (non-hydrogen) atoms. The van der Waals surface area contributed by atoms with Gasteiger partial charge in [0.05, 0.1) is 16.4 Å². The van der Waals surface area contributed by atoms with Crippen molar-refractivity contribution < 1.29 is 13.2 Å². The molecule has 0 aliphatic carbocycles. The lowest BCUT2D eigenvalue weighted by Crippen LogP contribution is -2.33. The first-order valence-corrected chi connectivity index (χ1v) is 7.10. The Kier molecular flexibility index (Phi) is 6.33. The summed E-state index contributed by atoms with van der Waals surface area (Å²) in [5, 5.41) is 7.89. The highest BCUT2D eigenvalue weighted by Gasteiger charge is 2.28. The van der Waals surface area contributed by atoms with Crippen molar-refractivity contribution in [3.63, 3.8) is 0 Å². The Hall–Kier alpha value is -0.750. The maximum Gasteiger partial charge on any atom is 0.389 e. The maximum atomic E-state index is 12.4. The van der Waals surface area contributed by atoms with Crippen molar-refractivity contribution in [3.8, 4) is 0 Å². The van der Waals surface area contributed by atoms with Gasteiger partial charge < -0.3 is 5.32 Å². The van der Waals surface area contributed by atoms with Crippen molar-refractivity contribution in [2.75, 3.05) is 6.54 Å². The van der Waals surface area contributed by atoms with Gasteiger partial charge in [0.25, 0.3) is 0 Å². The number of aromatic nitrogens is 2. The predicted molar refractivity (Wildman–Crippen MR) is 74.0 cm³/mol. The number of aryl methyl sites for hydroxylation is 2. The van der Waals surface area contributed by atoms with Crippen LogP contribution in [0.15, 0.2) is 0 Å². The third-order valence-electron chi connectivity index (χ3n) is 3.16. The molecule has 1 heterocycles. The summed E-state index contributed by atoms with van der Waals surface area (Å²) in [6.45, 7) is 4.46. The SMILES string of the molecule is CCCNC(CCC(F)(F)F)Cc1c(Cl)c(C)nn1C. The lowest BCUT2D eigenvalue weighted by Gasteiger charge is -2.19. The van der Waals surface area contributed by atoms with Crippen molar-refractivity contribution in [1.29, 1.82) is 0 Å². The van der Waals surface area contributed by atoms with Crippen molar-refractivity contribution in [1.82, 2.24) is 15.1 Å². The minimum Gasteiger partial charge on any atom is -0.314 e. The van der Waals surface area contributed by atoms with Crippen LogP contribution in [0, 0.1) is 6.92 Å². The van der Waals surface area contributed by atoms with Gasteiger partial charge in [-0.25, -0.2) is 0 Å². The van der Waals surface area contributed by atoms with Gasteiger partial charge in [-0.2, -0.15) is 18.3 Å². The lowest BCUT2D eigenvalue weighted by atomic mass is 10.0. The summed E-state index contributed by atoms with van der Waals surface area (Å²) in [5.41, 5.74) is 1.48. The zero-order valence-corrected chi connectivity index (χ0v) is 12.8. The molecule has 0 spiro atoms. The maximum absolute atomic E-state index is 12.4. The Labute approximate surface area is 122 Å². The summed E-state index contributed by atoms with van der Waals surface area (Å²) in [6, 6.07) is -0.246. The van der Waals surface area contributed by atoms with E-state index in [0.29, 0.717) is 23.7 Å². The molecule has 0 aromatic carbocycles. The van der Waals surface area contributed by atoms with Gasteiger partial charge in [0, 0.05) is 25.9 Å². The van der Waals surface area contributed by atoms with Crippen molar-refractivity contribution in [2.45, 2.75) is 51.7 Å². The largest absolute Gasteiger partial charge is 0.389 e. The summed E-state index contributed by atoms with van der Waals surface area (Å²) < 4.78 is 38.7. The lowest BCUT2D eigenvalue weighted by molar-refractivity contribution is -0.136. The highest BCUT2D eigenvalue weighted by atomic mass is 35.5. The molecular weight excluding hydrogens is 291 g/mol. The van der Waals surface area contributed by atoms with Crippen LogP contribution in [0.25, 0.3) is 0 Å². The van der Waals surface area contributed by atoms with E-state index in [1.54, 1.807) is 18.7 Å². The van der Waals surface area contributed by atoms with Gasteiger partial charge in [-0.3, -0.25) is 4.68 Å². The molecule has 1 N–H and O–H groups in total. The molecule has 0 saturated heterocycles.